The fourth-order valence-electron chi connectivity index (χ4n) is 1.70. The van der Waals surface area contributed by atoms with Crippen LogP contribution in [0.4, 0.5) is 8.78 Å². The molecule has 0 saturated carbocycles. The van der Waals surface area contributed by atoms with E-state index in [2.05, 4.69) is 0 Å². The second-order valence-corrected chi connectivity index (χ2v) is 4.39. The van der Waals surface area contributed by atoms with Gasteiger partial charge >= 0.3 is 0 Å². The first-order chi connectivity index (χ1) is 9.01. The fraction of sp³-hybridized carbons (Fsp3) is 0.200. The summed E-state index contributed by atoms with van der Waals surface area (Å²) in [7, 11) is 0. The summed E-state index contributed by atoms with van der Waals surface area (Å²) >= 11 is 0. The van der Waals surface area contributed by atoms with Crippen LogP contribution in [0.3, 0.4) is 0 Å². The molecule has 4 heteroatoms. The Hall–Kier alpha value is -1.94. The van der Waals surface area contributed by atoms with Crippen LogP contribution in [-0.2, 0) is 6.61 Å². The molecule has 2 rings (SSSR count). The molecule has 1 N–H and O–H groups in total. The molecule has 0 radical (unpaired) electrons. The first-order valence-electron chi connectivity index (χ1n) is 5.85. The molecule has 0 fully saturated rings. The normalized spacial score (nSPS) is 10.6. The van der Waals surface area contributed by atoms with Gasteiger partial charge in [0.1, 0.15) is 5.75 Å². The third kappa shape index (κ3) is 2.90. The van der Waals surface area contributed by atoms with Crippen molar-refractivity contribution in [2.45, 2.75) is 20.5 Å². The summed E-state index contributed by atoms with van der Waals surface area (Å²) in [5.41, 5.74) is 2.22. The van der Waals surface area contributed by atoms with Crippen LogP contribution in [0.5, 0.6) is 11.5 Å². The highest BCUT2D eigenvalue weighted by Crippen LogP contribution is 2.29. The van der Waals surface area contributed by atoms with Gasteiger partial charge in [0.15, 0.2) is 17.4 Å². The molecule has 100 valence electrons. The maximum Gasteiger partial charge on any atom is 0.198 e. The molecule has 0 atom stereocenters. The topological polar surface area (TPSA) is 29.5 Å². The Labute approximate surface area is 110 Å². The highest BCUT2D eigenvalue weighted by Gasteiger charge is 2.13. The van der Waals surface area contributed by atoms with Gasteiger partial charge in [-0.1, -0.05) is 6.07 Å². The zero-order chi connectivity index (χ0) is 14.0. The van der Waals surface area contributed by atoms with Gasteiger partial charge in [-0.3, -0.25) is 0 Å². The molecule has 2 aromatic carbocycles. The predicted octanol–water partition coefficient (Wildman–Crippen LogP) is 3.87. The molecule has 0 amide bonds. The van der Waals surface area contributed by atoms with Gasteiger partial charge in [0.2, 0.25) is 0 Å². The Morgan fingerprint density at radius 2 is 1.63 bits per heavy atom. The Morgan fingerprint density at radius 3 is 2.16 bits per heavy atom. The van der Waals surface area contributed by atoms with E-state index in [1.165, 1.54) is 0 Å². The van der Waals surface area contributed by atoms with Gasteiger partial charge < -0.3 is 9.84 Å². The lowest BCUT2D eigenvalue weighted by Crippen LogP contribution is -1.96. The molecule has 19 heavy (non-hydrogen) atoms. The molecule has 0 aliphatic heterocycles. The van der Waals surface area contributed by atoms with Crippen molar-refractivity contribution in [2.24, 2.45) is 0 Å². The number of aryl methyl sites for hydroxylation is 2. The van der Waals surface area contributed by atoms with Crippen LogP contribution in [0.2, 0.25) is 0 Å². The maximum atomic E-state index is 13.7. The van der Waals surface area contributed by atoms with Crippen LogP contribution in [0.25, 0.3) is 0 Å². The van der Waals surface area contributed by atoms with E-state index in [9.17, 15) is 8.78 Å². The van der Waals surface area contributed by atoms with Crippen LogP contribution in [0.1, 0.15) is 16.7 Å². The van der Waals surface area contributed by atoms with Crippen molar-refractivity contribution in [1.82, 2.24) is 0 Å². The van der Waals surface area contributed by atoms with Crippen LogP contribution >= 0.6 is 0 Å². The highest BCUT2D eigenvalue weighted by atomic mass is 19.1. The minimum atomic E-state index is -0.831. The zero-order valence-electron chi connectivity index (χ0n) is 10.7. The molecule has 2 aromatic rings. The number of halogens is 2. The SMILES string of the molecule is Cc1ccc(Oc2c(F)cc(CO)cc2F)cc1C. The van der Waals surface area contributed by atoms with E-state index < -0.39 is 24.0 Å². The molecular weight excluding hydrogens is 250 g/mol. The highest BCUT2D eigenvalue weighted by molar-refractivity contribution is 5.39. The largest absolute Gasteiger partial charge is 0.451 e. The summed E-state index contributed by atoms with van der Waals surface area (Å²) < 4.78 is 32.6. The summed E-state index contributed by atoms with van der Waals surface area (Å²) in [6.07, 6.45) is 0. The first-order valence-corrected chi connectivity index (χ1v) is 5.85. The predicted molar refractivity (Wildman–Crippen MR) is 68.3 cm³/mol. The molecular formula is C15H14F2O2. The van der Waals surface area contributed by atoms with Crippen molar-refractivity contribution in [3.05, 3.63) is 58.7 Å². The van der Waals surface area contributed by atoms with Gasteiger partial charge in [-0.2, -0.15) is 0 Å². The van der Waals surface area contributed by atoms with E-state index in [0.29, 0.717) is 5.75 Å². The molecule has 0 bridgehead atoms. The molecule has 0 aromatic heterocycles. The van der Waals surface area contributed by atoms with Crippen LogP contribution in [0, 0.1) is 25.5 Å². The third-order valence-corrected chi connectivity index (χ3v) is 2.94. The minimum Gasteiger partial charge on any atom is -0.451 e. The van der Waals surface area contributed by atoms with Crippen molar-refractivity contribution in [3.63, 3.8) is 0 Å². The van der Waals surface area contributed by atoms with Crippen LogP contribution in [-0.4, -0.2) is 5.11 Å². The average Bonchev–Trinajstić information content (AvgIpc) is 2.37. The Bertz CT molecular complexity index is 586. The van der Waals surface area contributed by atoms with E-state index in [0.717, 1.165) is 23.3 Å². The van der Waals surface area contributed by atoms with E-state index >= 15 is 0 Å². The summed E-state index contributed by atoms with van der Waals surface area (Å²) in [6, 6.07) is 7.30. The average molecular weight is 264 g/mol. The monoisotopic (exact) mass is 264 g/mol. The van der Waals surface area contributed by atoms with Crippen molar-refractivity contribution in [3.8, 4) is 11.5 Å². The van der Waals surface area contributed by atoms with Crippen molar-refractivity contribution < 1.29 is 18.6 Å². The number of benzene rings is 2. The second-order valence-electron chi connectivity index (χ2n) is 4.39. The second kappa shape index (κ2) is 5.36. The fourth-order valence-corrected chi connectivity index (χ4v) is 1.70. The number of hydrogen-bond acceptors (Lipinski definition) is 2. The van der Waals surface area contributed by atoms with Gasteiger partial charge in [-0.15, -0.1) is 0 Å². The molecule has 0 aliphatic rings. The van der Waals surface area contributed by atoms with E-state index in [1.807, 2.05) is 19.9 Å². The zero-order valence-corrected chi connectivity index (χ0v) is 10.7. The summed E-state index contributed by atoms with van der Waals surface area (Å²) in [5.74, 6) is -1.75. The van der Waals surface area contributed by atoms with E-state index in [-0.39, 0.29) is 5.56 Å². The van der Waals surface area contributed by atoms with E-state index in [1.54, 1.807) is 12.1 Å². The number of aliphatic hydroxyl groups excluding tert-OH is 1. The number of hydrogen-bond donors (Lipinski definition) is 1. The lowest BCUT2D eigenvalue weighted by Gasteiger charge is -2.10. The summed E-state index contributed by atoms with van der Waals surface area (Å²) in [5, 5.41) is 8.86. The van der Waals surface area contributed by atoms with Crippen LogP contribution in [0.15, 0.2) is 30.3 Å². The third-order valence-electron chi connectivity index (χ3n) is 2.94. The van der Waals surface area contributed by atoms with Crippen molar-refractivity contribution >= 4 is 0 Å². The minimum absolute atomic E-state index is 0.169. The van der Waals surface area contributed by atoms with Crippen molar-refractivity contribution in [1.29, 1.82) is 0 Å². The van der Waals surface area contributed by atoms with Gasteiger partial charge in [0, 0.05) is 0 Å². The van der Waals surface area contributed by atoms with Gasteiger partial charge in [0.05, 0.1) is 6.61 Å². The Morgan fingerprint density at radius 1 is 1.00 bits per heavy atom. The Kier molecular flexibility index (Phi) is 3.81. The molecule has 2 nitrogen and oxygen atoms in total. The lowest BCUT2D eigenvalue weighted by molar-refractivity contribution is 0.279. The summed E-state index contributed by atoms with van der Waals surface area (Å²) in [6.45, 7) is 3.41. The van der Waals surface area contributed by atoms with Crippen LogP contribution < -0.4 is 4.74 Å². The van der Waals surface area contributed by atoms with Gasteiger partial charge in [-0.25, -0.2) is 8.78 Å². The quantitative estimate of drug-likeness (QED) is 0.912. The smallest absolute Gasteiger partial charge is 0.198 e. The standard InChI is InChI=1S/C15H14F2O2/c1-9-3-4-12(5-10(9)2)19-15-13(16)6-11(8-18)7-14(15)17/h3-7,18H,8H2,1-2H3. The van der Waals surface area contributed by atoms with Gasteiger partial charge in [0.25, 0.3) is 0 Å². The number of ether oxygens (including phenoxy) is 1. The molecule has 0 saturated heterocycles. The lowest BCUT2D eigenvalue weighted by atomic mass is 10.1. The molecule has 0 aliphatic carbocycles. The summed E-state index contributed by atoms with van der Waals surface area (Å²) in [4.78, 5) is 0. The first kappa shape index (κ1) is 13.5. The number of rotatable bonds is 3. The van der Waals surface area contributed by atoms with E-state index in [4.69, 9.17) is 9.84 Å². The van der Waals surface area contributed by atoms with Gasteiger partial charge in [-0.05, 0) is 54.8 Å². The maximum absolute atomic E-state index is 13.7. The molecule has 0 unspecified atom stereocenters. The molecule has 0 spiro atoms. The molecule has 0 heterocycles. The number of aliphatic hydroxyl groups is 1. The Balaban J connectivity index is 2.35. The van der Waals surface area contributed by atoms with Crippen molar-refractivity contribution in [2.75, 3.05) is 0 Å².